The molecular weight excluding hydrogens is 354 g/mol. The van der Waals surface area contributed by atoms with E-state index in [1.54, 1.807) is 18.2 Å². The molecule has 2 aliphatic rings. The second-order valence-corrected chi connectivity index (χ2v) is 8.47. The van der Waals surface area contributed by atoms with Gasteiger partial charge in [0.15, 0.2) is 0 Å². The van der Waals surface area contributed by atoms with E-state index in [-0.39, 0.29) is 4.90 Å². The molecule has 0 aromatic heterocycles. The predicted octanol–water partition coefficient (Wildman–Crippen LogP) is 2.13. The van der Waals surface area contributed by atoms with Crippen molar-refractivity contribution in [3.05, 3.63) is 22.7 Å². The van der Waals surface area contributed by atoms with Gasteiger partial charge in [0.05, 0.1) is 4.90 Å². The predicted molar refractivity (Wildman–Crippen MR) is 86.7 cm³/mol. The molecular formula is C14H20BrN3O2S. The molecule has 2 unspecified atom stereocenters. The van der Waals surface area contributed by atoms with Crippen molar-refractivity contribution in [2.75, 3.05) is 12.4 Å². The molecule has 116 valence electrons. The van der Waals surface area contributed by atoms with Crippen LogP contribution in [0.15, 0.2) is 27.6 Å². The van der Waals surface area contributed by atoms with Crippen molar-refractivity contribution in [2.24, 2.45) is 5.14 Å². The third kappa shape index (κ3) is 3.11. The van der Waals surface area contributed by atoms with Crippen LogP contribution in [0.2, 0.25) is 0 Å². The number of hydrogen-bond donors (Lipinski definition) is 2. The van der Waals surface area contributed by atoms with Gasteiger partial charge in [-0.1, -0.05) is 0 Å². The lowest BCUT2D eigenvalue weighted by Crippen LogP contribution is -2.44. The molecule has 2 aliphatic heterocycles. The van der Waals surface area contributed by atoms with Crippen LogP contribution in [0.1, 0.15) is 25.7 Å². The van der Waals surface area contributed by atoms with Gasteiger partial charge in [-0.15, -0.1) is 0 Å². The molecule has 0 radical (unpaired) electrons. The second-order valence-electron chi connectivity index (χ2n) is 6.05. The van der Waals surface area contributed by atoms with E-state index in [0.29, 0.717) is 18.1 Å². The number of nitrogens with two attached hydrogens (primary N) is 1. The van der Waals surface area contributed by atoms with Crippen LogP contribution in [-0.2, 0) is 10.0 Å². The number of rotatable bonds is 3. The highest BCUT2D eigenvalue weighted by atomic mass is 79.9. The number of nitrogens with one attached hydrogen (secondary N) is 1. The van der Waals surface area contributed by atoms with Gasteiger partial charge in [-0.25, -0.2) is 13.6 Å². The number of piperidine rings is 1. The number of sulfonamides is 1. The van der Waals surface area contributed by atoms with Crippen molar-refractivity contribution in [1.82, 2.24) is 4.90 Å². The molecule has 3 N–H and O–H groups in total. The number of hydrogen-bond acceptors (Lipinski definition) is 4. The van der Waals surface area contributed by atoms with Gasteiger partial charge in [-0.05, 0) is 66.9 Å². The van der Waals surface area contributed by atoms with E-state index in [0.717, 1.165) is 23.0 Å². The van der Waals surface area contributed by atoms with Crippen LogP contribution in [0.5, 0.6) is 0 Å². The van der Waals surface area contributed by atoms with E-state index in [1.807, 2.05) is 0 Å². The number of benzene rings is 1. The summed E-state index contributed by atoms with van der Waals surface area (Å²) >= 11 is 3.43. The first-order chi connectivity index (χ1) is 9.84. The van der Waals surface area contributed by atoms with Crippen molar-refractivity contribution in [3.8, 4) is 0 Å². The van der Waals surface area contributed by atoms with E-state index >= 15 is 0 Å². The monoisotopic (exact) mass is 373 g/mol. The van der Waals surface area contributed by atoms with E-state index in [4.69, 9.17) is 5.14 Å². The van der Waals surface area contributed by atoms with Crippen molar-refractivity contribution >= 4 is 31.6 Å². The van der Waals surface area contributed by atoms with Crippen LogP contribution in [0.4, 0.5) is 5.69 Å². The highest BCUT2D eigenvalue weighted by Gasteiger charge is 2.38. The molecule has 1 aromatic carbocycles. The minimum atomic E-state index is -3.65. The molecule has 21 heavy (non-hydrogen) atoms. The fourth-order valence-electron chi connectivity index (χ4n) is 3.54. The molecule has 0 aliphatic carbocycles. The minimum absolute atomic E-state index is 0.128. The lowest BCUT2D eigenvalue weighted by atomic mass is 9.98. The van der Waals surface area contributed by atoms with Gasteiger partial charge in [0.2, 0.25) is 10.0 Å². The standard InChI is InChI=1S/C14H20BrN3O2S/c1-18-10-2-3-11(18)7-9(6-10)17-14-5-4-12(8-13(14)15)21(16,19)20/h4-5,8-11,17H,2-3,6-7H2,1H3,(H2,16,19,20). The molecule has 0 spiro atoms. The quantitative estimate of drug-likeness (QED) is 0.850. The molecule has 2 atom stereocenters. The summed E-state index contributed by atoms with van der Waals surface area (Å²) in [6.45, 7) is 0. The molecule has 3 rings (SSSR count). The van der Waals surface area contributed by atoms with Gasteiger partial charge in [0.25, 0.3) is 0 Å². The number of nitrogens with zero attached hydrogens (tertiary/aromatic N) is 1. The molecule has 5 nitrogen and oxygen atoms in total. The fraction of sp³-hybridized carbons (Fsp3) is 0.571. The van der Waals surface area contributed by atoms with Crippen molar-refractivity contribution in [3.63, 3.8) is 0 Å². The van der Waals surface area contributed by atoms with Crippen LogP contribution < -0.4 is 10.5 Å². The first-order valence-corrected chi connectivity index (χ1v) is 9.49. The molecule has 7 heteroatoms. The summed E-state index contributed by atoms with van der Waals surface area (Å²) in [5.41, 5.74) is 0.927. The average molecular weight is 374 g/mol. The first kappa shape index (κ1) is 15.3. The van der Waals surface area contributed by atoms with Crippen molar-refractivity contribution in [1.29, 1.82) is 0 Å². The van der Waals surface area contributed by atoms with E-state index < -0.39 is 10.0 Å². The van der Waals surface area contributed by atoms with Crippen molar-refractivity contribution < 1.29 is 8.42 Å². The third-order valence-electron chi connectivity index (χ3n) is 4.73. The number of anilines is 1. The van der Waals surface area contributed by atoms with Crippen LogP contribution in [0, 0.1) is 0 Å². The Kier molecular flexibility index (Phi) is 4.02. The smallest absolute Gasteiger partial charge is 0.238 e. The Balaban J connectivity index is 1.74. The second kappa shape index (κ2) is 5.53. The Bertz CT molecular complexity index is 636. The molecule has 1 aromatic rings. The van der Waals surface area contributed by atoms with Crippen LogP contribution in [0.25, 0.3) is 0 Å². The van der Waals surface area contributed by atoms with Gasteiger partial charge >= 0.3 is 0 Å². The lowest BCUT2D eigenvalue weighted by Gasteiger charge is -2.37. The van der Waals surface area contributed by atoms with Gasteiger partial charge in [0.1, 0.15) is 0 Å². The Hall–Kier alpha value is -0.630. The number of fused-ring (bicyclic) bond motifs is 2. The van der Waals surface area contributed by atoms with Gasteiger partial charge in [-0.3, -0.25) is 0 Å². The number of primary sulfonamides is 1. The Morgan fingerprint density at radius 2 is 1.90 bits per heavy atom. The summed E-state index contributed by atoms with van der Waals surface area (Å²) in [5.74, 6) is 0. The van der Waals surface area contributed by atoms with Crippen LogP contribution in [0.3, 0.4) is 0 Å². The average Bonchev–Trinajstić information content (AvgIpc) is 2.62. The third-order valence-corrected chi connectivity index (χ3v) is 6.29. The topological polar surface area (TPSA) is 75.4 Å². The summed E-state index contributed by atoms with van der Waals surface area (Å²) in [7, 11) is -1.44. The van der Waals surface area contributed by atoms with E-state index in [1.165, 1.54) is 12.8 Å². The molecule has 0 saturated carbocycles. The Labute approximate surface area is 134 Å². The molecule has 0 amide bonds. The van der Waals surface area contributed by atoms with Gasteiger partial charge in [0, 0.05) is 28.3 Å². The maximum absolute atomic E-state index is 11.3. The fourth-order valence-corrected chi connectivity index (χ4v) is 4.72. The molecule has 2 heterocycles. The molecule has 2 saturated heterocycles. The zero-order valence-electron chi connectivity index (χ0n) is 11.9. The summed E-state index contributed by atoms with van der Waals surface area (Å²) in [6, 6.07) is 6.67. The van der Waals surface area contributed by atoms with Crippen molar-refractivity contribution in [2.45, 2.75) is 48.7 Å². The van der Waals surface area contributed by atoms with Crippen LogP contribution >= 0.6 is 15.9 Å². The number of halogens is 1. The first-order valence-electron chi connectivity index (χ1n) is 7.15. The summed E-state index contributed by atoms with van der Waals surface area (Å²) in [6.07, 6.45) is 4.84. The highest BCUT2D eigenvalue weighted by molar-refractivity contribution is 9.10. The summed E-state index contributed by atoms with van der Waals surface area (Å²) < 4.78 is 23.4. The summed E-state index contributed by atoms with van der Waals surface area (Å²) in [4.78, 5) is 2.63. The van der Waals surface area contributed by atoms with Gasteiger partial charge < -0.3 is 10.2 Å². The Morgan fingerprint density at radius 1 is 1.29 bits per heavy atom. The van der Waals surface area contributed by atoms with E-state index in [9.17, 15) is 8.42 Å². The van der Waals surface area contributed by atoms with Gasteiger partial charge in [-0.2, -0.15) is 0 Å². The zero-order valence-corrected chi connectivity index (χ0v) is 14.3. The van der Waals surface area contributed by atoms with Crippen LogP contribution in [-0.4, -0.2) is 38.5 Å². The van der Waals surface area contributed by atoms with E-state index in [2.05, 4.69) is 33.2 Å². The maximum Gasteiger partial charge on any atom is 0.238 e. The zero-order chi connectivity index (χ0) is 15.2. The largest absolute Gasteiger partial charge is 0.381 e. The normalized spacial score (nSPS) is 29.6. The highest BCUT2D eigenvalue weighted by Crippen LogP contribution is 2.36. The minimum Gasteiger partial charge on any atom is -0.381 e. The summed E-state index contributed by atoms with van der Waals surface area (Å²) in [5, 5.41) is 8.69. The maximum atomic E-state index is 11.3. The molecule has 2 bridgehead atoms. The Morgan fingerprint density at radius 3 is 2.43 bits per heavy atom. The molecule has 2 fully saturated rings. The SMILES string of the molecule is CN1C2CCC1CC(Nc1ccc(S(N)(=O)=O)cc1Br)C2. The lowest BCUT2D eigenvalue weighted by molar-refractivity contribution is 0.169.